The molecule has 0 fully saturated rings. The fourth-order valence-electron chi connectivity index (χ4n) is 1.57. The van der Waals surface area contributed by atoms with Crippen molar-refractivity contribution in [3.8, 4) is 5.75 Å². The quantitative estimate of drug-likeness (QED) is 0.692. The summed E-state index contributed by atoms with van der Waals surface area (Å²) in [5.74, 6) is 0.488. The van der Waals surface area contributed by atoms with Crippen LogP contribution in [0.3, 0.4) is 0 Å². The third-order valence-corrected chi connectivity index (χ3v) is 2.50. The number of hydrogen-bond acceptors (Lipinski definition) is 3. The lowest BCUT2D eigenvalue weighted by Gasteiger charge is -2.01. The van der Waals surface area contributed by atoms with E-state index in [4.69, 9.17) is 10.8 Å². The van der Waals surface area contributed by atoms with Crippen LogP contribution in [-0.2, 0) is 11.2 Å². The van der Waals surface area contributed by atoms with Crippen LogP contribution in [0.15, 0.2) is 24.3 Å². The van der Waals surface area contributed by atoms with Gasteiger partial charge in [-0.05, 0) is 37.1 Å². The SMILES string of the molecule is NCCCCCC(=O)Cc1ccc(O)cc1. The molecular formula is C13H19NO2. The van der Waals surface area contributed by atoms with Crippen molar-refractivity contribution < 1.29 is 9.90 Å². The highest BCUT2D eigenvalue weighted by atomic mass is 16.3. The van der Waals surface area contributed by atoms with Crippen molar-refractivity contribution in [1.82, 2.24) is 0 Å². The summed E-state index contributed by atoms with van der Waals surface area (Å²) in [4.78, 5) is 11.6. The summed E-state index contributed by atoms with van der Waals surface area (Å²) in [5.41, 5.74) is 6.33. The summed E-state index contributed by atoms with van der Waals surface area (Å²) in [6.07, 6.45) is 4.03. The van der Waals surface area contributed by atoms with Gasteiger partial charge in [0.1, 0.15) is 11.5 Å². The number of phenolic OH excluding ortho intramolecular Hbond substituents is 1. The number of carbonyl (C=O) groups is 1. The topological polar surface area (TPSA) is 63.3 Å². The molecule has 0 amide bonds. The van der Waals surface area contributed by atoms with E-state index in [1.165, 1.54) is 0 Å². The predicted octanol–water partition coefficient (Wildman–Crippen LogP) is 2.02. The average Bonchev–Trinajstić information content (AvgIpc) is 2.28. The Morgan fingerprint density at radius 1 is 1.12 bits per heavy atom. The molecule has 1 aromatic rings. The first-order chi connectivity index (χ1) is 7.72. The van der Waals surface area contributed by atoms with E-state index in [1.54, 1.807) is 24.3 Å². The molecule has 0 heterocycles. The highest BCUT2D eigenvalue weighted by Crippen LogP contribution is 2.11. The van der Waals surface area contributed by atoms with Crippen molar-refractivity contribution in [2.75, 3.05) is 6.54 Å². The van der Waals surface area contributed by atoms with Gasteiger partial charge in [-0.25, -0.2) is 0 Å². The number of aromatic hydroxyl groups is 1. The second-order valence-corrected chi connectivity index (χ2v) is 3.98. The summed E-state index contributed by atoms with van der Waals surface area (Å²) < 4.78 is 0. The highest BCUT2D eigenvalue weighted by Gasteiger charge is 2.03. The third-order valence-electron chi connectivity index (χ3n) is 2.50. The summed E-state index contributed by atoms with van der Waals surface area (Å²) in [5, 5.41) is 9.09. The van der Waals surface area contributed by atoms with Gasteiger partial charge in [-0.3, -0.25) is 4.79 Å². The van der Waals surface area contributed by atoms with Crippen molar-refractivity contribution in [1.29, 1.82) is 0 Å². The molecule has 0 bridgehead atoms. The molecule has 0 radical (unpaired) electrons. The summed E-state index contributed by atoms with van der Waals surface area (Å²) in [7, 11) is 0. The molecule has 0 aromatic heterocycles. The lowest BCUT2D eigenvalue weighted by molar-refractivity contribution is -0.118. The lowest BCUT2D eigenvalue weighted by Crippen LogP contribution is -2.03. The van der Waals surface area contributed by atoms with Gasteiger partial charge >= 0.3 is 0 Å². The van der Waals surface area contributed by atoms with E-state index in [1.807, 2.05) is 0 Å². The van der Waals surface area contributed by atoms with Gasteiger partial charge in [0.25, 0.3) is 0 Å². The molecule has 3 nitrogen and oxygen atoms in total. The number of benzene rings is 1. The van der Waals surface area contributed by atoms with Gasteiger partial charge in [0.05, 0.1) is 0 Å². The maximum absolute atomic E-state index is 11.6. The van der Waals surface area contributed by atoms with E-state index in [0.717, 1.165) is 24.8 Å². The van der Waals surface area contributed by atoms with E-state index in [9.17, 15) is 4.79 Å². The molecule has 0 saturated heterocycles. The number of carbonyl (C=O) groups excluding carboxylic acids is 1. The van der Waals surface area contributed by atoms with Crippen LogP contribution in [0.2, 0.25) is 0 Å². The van der Waals surface area contributed by atoms with Crippen LogP contribution >= 0.6 is 0 Å². The molecule has 0 aliphatic heterocycles. The maximum atomic E-state index is 11.6. The smallest absolute Gasteiger partial charge is 0.137 e. The van der Waals surface area contributed by atoms with Crippen LogP contribution in [0.1, 0.15) is 31.2 Å². The van der Waals surface area contributed by atoms with Crippen molar-refractivity contribution in [2.24, 2.45) is 5.73 Å². The lowest BCUT2D eigenvalue weighted by atomic mass is 10.0. The molecule has 3 heteroatoms. The molecule has 0 aliphatic rings. The monoisotopic (exact) mass is 221 g/mol. The Labute approximate surface area is 96.3 Å². The molecule has 16 heavy (non-hydrogen) atoms. The fraction of sp³-hybridized carbons (Fsp3) is 0.462. The molecular weight excluding hydrogens is 202 g/mol. The van der Waals surface area contributed by atoms with Crippen molar-refractivity contribution in [2.45, 2.75) is 32.1 Å². The van der Waals surface area contributed by atoms with Gasteiger partial charge in [-0.15, -0.1) is 0 Å². The van der Waals surface area contributed by atoms with Crippen LogP contribution in [0.25, 0.3) is 0 Å². The van der Waals surface area contributed by atoms with Crippen molar-refractivity contribution >= 4 is 5.78 Å². The van der Waals surface area contributed by atoms with Gasteiger partial charge in [0.2, 0.25) is 0 Å². The molecule has 0 unspecified atom stereocenters. The maximum Gasteiger partial charge on any atom is 0.137 e. The standard InChI is InChI=1S/C13H19NO2/c14-9-3-1-2-4-13(16)10-11-5-7-12(15)8-6-11/h5-8,15H,1-4,9-10,14H2. The number of hydrogen-bond donors (Lipinski definition) is 2. The average molecular weight is 221 g/mol. The minimum atomic E-state index is 0.235. The summed E-state index contributed by atoms with van der Waals surface area (Å²) in [6.45, 7) is 0.701. The van der Waals surface area contributed by atoms with Crippen LogP contribution in [0.4, 0.5) is 0 Å². The van der Waals surface area contributed by atoms with Crippen molar-refractivity contribution in [3.05, 3.63) is 29.8 Å². The molecule has 0 aliphatic carbocycles. The van der Waals surface area contributed by atoms with Gasteiger partial charge in [0, 0.05) is 12.8 Å². The Kier molecular flexibility index (Phi) is 5.57. The molecule has 1 aromatic carbocycles. The van der Waals surface area contributed by atoms with E-state index in [-0.39, 0.29) is 11.5 Å². The zero-order chi connectivity index (χ0) is 11.8. The van der Waals surface area contributed by atoms with E-state index < -0.39 is 0 Å². The van der Waals surface area contributed by atoms with Crippen LogP contribution in [0, 0.1) is 0 Å². The molecule has 0 atom stereocenters. The Hall–Kier alpha value is -1.35. The number of Topliss-reactive ketones (excluding diaryl/α,β-unsaturated/α-hetero) is 1. The molecule has 0 spiro atoms. The summed E-state index contributed by atoms with van der Waals surface area (Å²) >= 11 is 0. The Morgan fingerprint density at radius 2 is 1.81 bits per heavy atom. The third kappa shape index (κ3) is 4.94. The number of unbranched alkanes of at least 4 members (excludes halogenated alkanes) is 2. The van der Waals surface area contributed by atoms with E-state index in [2.05, 4.69) is 0 Å². The van der Waals surface area contributed by atoms with Crippen molar-refractivity contribution in [3.63, 3.8) is 0 Å². The largest absolute Gasteiger partial charge is 0.508 e. The van der Waals surface area contributed by atoms with Gasteiger partial charge in [-0.1, -0.05) is 18.6 Å². The van der Waals surface area contributed by atoms with Crippen LogP contribution in [0.5, 0.6) is 5.75 Å². The van der Waals surface area contributed by atoms with E-state index >= 15 is 0 Å². The normalized spacial score (nSPS) is 10.3. The zero-order valence-corrected chi connectivity index (χ0v) is 9.48. The number of nitrogens with two attached hydrogens (primary N) is 1. The second kappa shape index (κ2) is 7.01. The summed E-state index contributed by atoms with van der Waals surface area (Å²) in [6, 6.07) is 6.79. The first kappa shape index (κ1) is 12.7. The highest BCUT2D eigenvalue weighted by molar-refractivity contribution is 5.80. The molecule has 88 valence electrons. The zero-order valence-electron chi connectivity index (χ0n) is 9.48. The van der Waals surface area contributed by atoms with E-state index in [0.29, 0.717) is 19.4 Å². The number of rotatable bonds is 7. The molecule has 1 rings (SSSR count). The number of phenols is 1. The molecule has 3 N–H and O–H groups in total. The predicted molar refractivity (Wildman–Crippen MR) is 64.3 cm³/mol. The number of ketones is 1. The van der Waals surface area contributed by atoms with Crippen LogP contribution < -0.4 is 5.73 Å². The molecule has 0 saturated carbocycles. The van der Waals surface area contributed by atoms with Crippen LogP contribution in [-0.4, -0.2) is 17.4 Å². The minimum absolute atomic E-state index is 0.235. The first-order valence-electron chi connectivity index (χ1n) is 5.72. The second-order valence-electron chi connectivity index (χ2n) is 3.98. The minimum Gasteiger partial charge on any atom is -0.508 e. The fourth-order valence-corrected chi connectivity index (χ4v) is 1.57. The van der Waals surface area contributed by atoms with Gasteiger partial charge < -0.3 is 10.8 Å². The Balaban J connectivity index is 2.26. The first-order valence-corrected chi connectivity index (χ1v) is 5.72. The Morgan fingerprint density at radius 3 is 2.44 bits per heavy atom. The van der Waals surface area contributed by atoms with Gasteiger partial charge in [-0.2, -0.15) is 0 Å². The van der Waals surface area contributed by atoms with Gasteiger partial charge in [0.15, 0.2) is 0 Å². The Bertz CT molecular complexity index is 319.